The van der Waals surface area contributed by atoms with Gasteiger partial charge in [0, 0.05) is 6.54 Å². The van der Waals surface area contributed by atoms with E-state index in [0.29, 0.717) is 5.75 Å². The van der Waals surface area contributed by atoms with Crippen molar-refractivity contribution in [2.45, 2.75) is 26.4 Å². The molecule has 1 rings (SSSR count). The van der Waals surface area contributed by atoms with E-state index in [1.165, 1.54) is 0 Å². The van der Waals surface area contributed by atoms with Crippen LogP contribution in [-0.2, 0) is 4.79 Å². The van der Waals surface area contributed by atoms with Crippen LogP contribution in [-0.4, -0.2) is 30.3 Å². The molecular weight excluding hydrogens is 230 g/mol. The smallest absolute Gasteiger partial charge is 0.258 e. The highest BCUT2D eigenvalue weighted by Gasteiger charge is 2.13. The van der Waals surface area contributed by atoms with Crippen LogP contribution in [0.3, 0.4) is 0 Å². The lowest BCUT2D eigenvalue weighted by Crippen LogP contribution is -2.37. The molecule has 0 radical (unpaired) electrons. The minimum atomic E-state index is -0.504. The zero-order valence-corrected chi connectivity index (χ0v) is 10.9. The molecule has 0 saturated carbocycles. The van der Waals surface area contributed by atoms with Gasteiger partial charge >= 0.3 is 0 Å². The molecule has 100 valence electrons. The second-order valence-corrected chi connectivity index (χ2v) is 4.36. The minimum Gasteiger partial charge on any atom is -0.484 e. The van der Waals surface area contributed by atoms with Crippen LogP contribution in [0.2, 0.25) is 0 Å². The Kier molecular flexibility index (Phi) is 6.22. The summed E-state index contributed by atoms with van der Waals surface area (Å²) < 4.78 is 5.29. The third-order valence-electron chi connectivity index (χ3n) is 2.92. The van der Waals surface area contributed by atoms with Crippen molar-refractivity contribution >= 4 is 5.91 Å². The number of benzene rings is 1. The zero-order chi connectivity index (χ0) is 13.4. The molecule has 1 aromatic carbocycles. The van der Waals surface area contributed by atoms with Crippen LogP contribution in [0.15, 0.2) is 30.3 Å². The van der Waals surface area contributed by atoms with Crippen LogP contribution < -0.4 is 10.1 Å². The average molecular weight is 251 g/mol. The molecule has 4 heteroatoms. The molecule has 0 spiro atoms. The number of carbonyl (C=O) groups excluding carboxylic acids is 1. The lowest BCUT2D eigenvalue weighted by molar-refractivity contribution is -0.123. The van der Waals surface area contributed by atoms with Gasteiger partial charge in [0.15, 0.2) is 6.61 Å². The predicted octanol–water partition coefficient (Wildman–Crippen LogP) is 1.59. The summed E-state index contributed by atoms with van der Waals surface area (Å²) in [5.74, 6) is 0.622. The van der Waals surface area contributed by atoms with Crippen LogP contribution in [0.4, 0.5) is 0 Å². The lowest BCUT2D eigenvalue weighted by Gasteiger charge is -2.17. The summed E-state index contributed by atoms with van der Waals surface area (Å²) in [6.07, 6.45) is 0.382. The fourth-order valence-electron chi connectivity index (χ4n) is 1.41. The summed E-state index contributed by atoms with van der Waals surface area (Å²) in [4.78, 5) is 11.5. The number of aliphatic hydroxyl groups excluding tert-OH is 1. The monoisotopic (exact) mass is 251 g/mol. The molecule has 1 aromatic rings. The molecule has 0 unspecified atom stereocenters. The third-order valence-corrected chi connectivity index (χ3v) is 2.92. The van der Waals surface area contributed by atoms with Gasteiger partial charge in [0.1, 0.15) is 5.75 Å². The van der Waals surface area contributed by atoms with Crippen LogP contribution in [0.5, 0.6) is 5.75 Å². The number of nitrogens with one attached hydrogen (secondary N) is 1. The predicted molar refractivity (Wildman–Crippen MR) is 70.4 cm³/mol. The number of hydrogen-bond donors (Lipinski definition) is 2. The van der Waals surface area contributed by atoms with Crippen LogP contribution >= 0.6 is 0 Å². The van der Waals surface area contributed by atoms with E-state index >= 15 is 0 Å². The van der Waals surface area contributed by atoms with Gasteiger partial charge in [0.2, 0.25) is 0 Å². The number of carbonyl (C=O) groups is 1. The van der Waals surface area contributed by atoms with Gasteiger partial charge in [-0.25, -0.2) is 0 Å². The van der Waals surface area contributed by atoms with Crippen molar-refractivity contribution in [3.63, 3.8) is 0 Å². The molecule has 18 heavy (non-hydrogen) atoms. The van der Waals surface area contributed by atoms with Crippen LogP contribution in [0.1, 0.15) is 20.3 Å². The van der Waals surface area contributed by atoms with E-state index in [1.807, 2.05) is 32.0 Å². The number of para-hydroxylation sites is 1. The van der Waals surface area contributed by atoms with E-state index in [-0.39, 0.29) is 25.0 Å². The summed E-state index contributed by atoms with van der Waals surface area (Å²) in [6.45, 7) is 4.20. The van der Waals surface area contributed by atoms with E-state index in [9.17, 15) is 9.90 Å². The molecule has 0 bridgehead atoms. The molecule has 0 fully saturated rings. The number of ether oxygens (including phenoxy) is 1. The van der Waals surface area contributed by atoms with Crippen molar-refractivity contribution in [1.82, 2.24) is 5.32 Å². The molecule has 0 aliphatic carbocycles. The SMILES string of the molecule is CC[C@@H](C)[C@@H](O)CNC(=O)COc1ccccc1. The van der Waals surface area contributed by atoms with E-state index < -0.39 is 6.10 Å². The summed E-state index contributed by atoms with van der Waals surface area (Å²) >= 11 is 0. The molecule has 1 amide bonds. The van der Waals surface area contributed by atoms with Gasteiger partial charge in [-0.15, -0.1) is 0 Å². The fourth-order valence-corrected chi connectivity index (χ4v) is 1.41. The Morgan fingerprint density at radius 2 is 2.06 bits per heavy atom. The van der Waals surface area contributed by atoms with Gasteiger partial charge in [-0.1, -0.05) is 38.5 Å². The molecule has 4 nitrogen and oxygen atoms in total. The van der Waals surface area contributed by atoms with E-state index in [4.69, 9.17) is 4.74 Å². The van der Waals surface area contributed by atoms with Gasteiger partial charge in [0.25, 0.3) is 5.91 Å². The highest BCUT2D eigenvalue weighted by molar-refractivity contribution is 5.77. The highest BCUT2D eigenvalue weighted by atomic mass is 16.5. The van der Waals surface area contributed by atoms with E-state index in [1.54, 1.807) is 12.1 Å². The molecular formula is C14H21NO3. The number of hydrogen-bond acceptors (Lipinski definition) is 3. The Balaban J connectivity index is 2.22. The Morgan fingerprint density at radius 1 is 1.39 bits per heavy atom. The van der Waals surface area contributed by atoms with Crippen LogP contribution in [0, 0.1) is 5.92 Å². The maximum atomic E-state index is 11.5. The Morgan fingerprint density at radius 3 is 2.67 bits per heavy atom. The largest absolute Gasteiger partial charge is 0.484 e. The summed E-state index contributed by atoms with van der Waals surface area (Å²) in [5.41, 5.74) is 0. The quantitative estimate of drug-likeness (QED) is 0.773. The summed E-state index contributed by atoms with van der Waals surface area (Å²) in [6, 6.07) is 9.16. The number of amides is 1. The van der Waals surface area contributed by atoms with E-state index in [2.05, 4.69) is 5.32 Å². The van der Waals surface area contributed by atoms with Crippen molar-refractivity contribution in [1.29, 1.82) is 0 Å². The Labute approximate surface area is 108 Å². The van der Waals surface area contributed by atoms with Crippen molar-refractivity contribution in [2.24, 2.45) is 5.92 Å². The lowest BCUT2D eigenvalue weighted by atomic mass is 10.0. The van der Waals surface area contributed by atoms with Crippen molar-refractivity contribution in [3.05, 3.63) is 30.3 Å². The van der Waals surface area contributed by atoms with Crippen molar-refractivity contribution in [3.8, 4) is 5.75 Å². The Hall–Kier alpha value is -1.55. The summed E-state index contributed by atoms with van der Waals surface area (Å²) in [5, 5.41) is 12.4. The van der Waals surface area contributed by atoms with Crippen molar-refractivity contribution in [2.75, 3.05) is 13.2 Å². The fraction of sp³-hybridized carbons (Fsp3) is 0.500. The Bertz CT molecular complexity index is 353. The second-order valence-electron chi connectivity index (χ2n) is 4.36. The third kappa shape index (κ3) is 5.19. The number of aliphatic hydroxyl groups is 1. The molecule has 0 aromatic heterocycles. The van der Waals surface area contributed by atoms with E-state index in [0.717, 1.165) is 6.42 Å². The molecule has 0 aliphatic rings. The van der Waals surface area contributed by atoms with Gasteiger partial charge in [0.05, 0.1) is 6.10 Å². The van der Waals surface area contributed by atoms with Gasteiger partial charge in [-0.05, 0) is 18.1 Å². The summed E-state index contributed by atoms with van der Waals surface area (Å²) in [7, 11) is 0. The molecule has 2 N–H and O–H groups in total. The van der Waals surface area contributed by atoms with Gasteiger partial charge < -0.3 is 15.2 Å². The van der Waals surface area contributed by atoms with Crippen LogP contribution in [0.25, 0.3) is 0 Å². The average Bonchev–Trinajstić information content (AvgIpc) is 2.42. The highest BCUT2D eigenvalue weighted by Crippen LogP contribution is 2.08. The normalized spacial score (nSPS) is 13.7. The number of rotatable bonds is 7. The zero-order valence-electron chi connectivity index (χ0n) is 10.9. The van der Waals surface area contributed by atoms with Gasteiger partial charge in [-0.2, -0.15) is 0 Å². The topological polar surface area (TPSA) is 58.6 Å². The van der Waals surface area contributed by atoms with Crippen molar-refractivity contribution < 1.29 is 14.6 Å². The maximum absolute atomic E-state index is 11.5. The first-order valence-corrected chi connectivity index (χ1v) is 6.26. The first-order chi connectivity index (χ1) is 8.63. The second kappa shape index (κ2) is 7.71. The molecule has 0 heterocycles. The maximum Gasteiger partial charge on any atom is 0.258 e. The molecule has 0 saturated heterocycles. The minimum absolute atomic E-state index is 0.0305. The first kappa shape index (κ1) is 14.5. The molecule has 0 aliphatic heterocycles. The standard InChI is InChI=1S/C14H21NO3/c1-3-11(2)13(16)9-15-14(17)10-18-12-7-5-4-6-8-12/h4-8,11,13,16H,3,9-10H2,1-2H3,(H,15,17)/t11-,13+/m1/s1. The van der Waals surface area contributed by atoms with Gasteiger partial charge in [-0.3, -0.25) is 4.79 Å². The first-order valence-electron chi connectivity index (χ1n) is 6.26. The molecule has 2 atom stereocenters.